The van der Waals surface area contributed by atoms with Gasteiger partial charge in [0, 0.05) is 20.0 Å². The van der Waals surface area contributed by atoms with Crippen molar-refractivity contribution in [3.05, 3.63) is 73.1 Å². The molecule has 2 aromatic heterocycles. The van der Waals surface area contributed by atoms with Gasteiger partial charge in [0.15, 0.2) is 0 Å². The maximum atomic E-state index is 12.7. The number of hydrogen-bond donors (Lipinski definition) is 0. The van der Waals surface area contributed by atoms with Crippen LogP contribution in [0.3, 0.4) is 0 Å². The third kappa shape index (κ3) is 3.51. The molecule has 0 aliphatic heterocycles. The highest BCUT2D eigenvalue weighted by Gasteiger charge is 2.17. The zero-order valence-electron chi connectivity index (χ0n) is 15.9. The standard InChI is InChI=1S/C21H22N6O/c1-16(17-7-9-18(10-8-17)27-14-22-13-24-27)25(2)21(28)11-12-26-15-23-19-5-3-4-6-20(19)26/h3-10,13-16H,11-12H2,1-2H3. The van der Waals surface area contributed by atoms with E-state index in [0.29, 0.717) is 13.0 Å². The molecule has 4 aromatic rings. The number of imidazole rings is 1. The molecule has 0 saturated heterocycles. The van der Waals surface area contributed by atoms with E-state index in [1.165, 1.54) is 6.33 Å². The Hall–Kier alpha value is -3.48. The van der Waals surface area contributed by atoms with Crippen molar-refractivity contribution in [2.75, 3.05) is 7.05 Å². The minimum absolute atomic E-state index is 0.0168. The van der Waals surface area contributed by atoms with Gasteiger partial charge in [-0.3, -0.25) is 4.79 Å². The van der Waals surface area contributed by atoms with Crippen molar-refractivity contribution in [2.24, 2.45) is 0 Å². The minimum Gasteiger partial charge on any atom is -0.339 e. The maximum absolute atomic E-state index is 12.7. The second-order valence-electron chi connectivity index (χ2n) is 6.79. The number of carbonyl (C=O) groups is 1. The number of fused-ring (bicyclic) bond motifs is 1. The number of nitrogens with zero attached hydrogens (tertiary/aromatic N) is 6. The van der Waals surface area contributed by atoms with E-state index in [-0.39, 0.29) is 11.9 Å². The van der Waals surface area contributed by atoms with E-state index in [0.717, 1.165) is 22.3 Å². The monoisotopic (exact) mass is 374 g/mol. The molecule has 0 spiro atoms. The summed E-state index contributed by atoms with van der Waals surface area (Å²) in [7, 11) is 1.85. The van der Waals surface area contributed by atoms with Crippen LogP contribution < -0.4 is 0 Å². The lowest BCUT2D eigenvalue weighted by Gasteiger charge is -2.25. The summed E-state index contributed by atoms with van der Waals surface area (Å²) in [5.74, 6) is 0.102. The highest BCUT2D eigenvalue weighted by atomic mass is 16.2. The molecule has 7 nitrogen and oxygen atoms in total. The quantitative estimate of drug-likeness (QED) is 0.520. The Kier molecular flexibility index (Phi) is 4.89. The number of benzene rings is 2. The van der Waals surface area contributed by atoms with Gasteiger partial charge in [-0.1, -0.05) is 24.3 Å². The molecule has 0 aliphatic rings. The number of rotatable bonds is 6. The van der Waals surface area contributed by atoms with E-state index in [1.54, 1.807) is 22.2 Å². The highest BCUT2D eigenvalue weighted by molar-refractivity contribution is 5.77. The van der Waals surface area contributed by atoms with Crippen LogP contribution in [0.15, 0.2) is 67.5 Å². The molecule has 7 heteroatoms. The van der Waals surface area contributed by atoms with Crippen molar-refractivity contribution in [3.63, 3.8) is 0 Å². The Bertz CT molecular complexity index is 1070. The second kappa shape index (κ2) is 7.64. The van der Waals surface area contributed by atoms with Crippen LogP contribution >= 0.6 is 0 Å². The molecule has 0 N–H and O–H groups in total. The minimum atomic E-state index is -0.0168. The summed E-state index contributed by atoms with van der Waals surface area (Å²) in [5, 5.41) is 4.13. The molecule has 4 rings (SSSR count). The first-order chi connectivity index (χ1) is 13.6. The molecule has 0 fully saturated rings. The predicted octanol–water partition coefficient (Wildman–Crippen LogP) is 3.23. The molecule has 28 heavy (non-hydrogen) atoms. The Morgan fingerprint density at radius 1 is 1.11 bits per heavy atom. The summed E-state index contributed by atoms with van der Waals surface area (Å²) in [6.45, 7) is 2.65. The summed E-state index contributed by atoms with van der Waals surface area (Å²) in [4.78, 5) is 22.8. The van der Waals surface area contributed by atoms with Crippen LogP contribution in [0.5, 0.6) is 0 Å². The second-order valence-corrected chi connectivity index (χ2v) is 6.79. The van der Waals surface area contributed by atoms with E-state index in [9.17, 15) is 4.79 Å². The topological polar surface area (TPSA) is 68.8 Å². The van der Waals surface area contributed by atoms with E-state index < -0.39 is 0 Å². The number of aryl methyl sites for hydroxylation is 1. The van der Waals surface area contributed by atoms with Gasteiger partial charge in [0.05, 0.1) is 29.1 Å². The lowest BCUT2D eigenvalue weighted by atomic mass is 10.1. The number of amides is 1. The van der Waals surface area contributed by atoms with Gasteiger partial charge in [-0.05, 0) is 36.8 Å². The zero-order chi connectivity index (χ0) is 19.5. The number of para-hydroxylation sites is 2. The molecule has 0 saturated carbocycles. The van der Waals surface area contributed by atoms with Crippen LogP contribution in [0, 0.1) is 0 Å². The van der Waals surface area contributed by atoms with Gasteiger partial charge < -0.3 is 9.47 Å². The van der Waals surface area contributed by atoms with Gasteiger partial charge in [0.2, 0.25) is 5.91 Å². The molecule has 1 amide bonds. The first-order valence-electron chi connectivity index (χ1n) is 9.24. The van der Waals surface area contributed by atoms with E-state index >= 15 is 0 Å². The zero-order valence-corrected chi connectivity index (χ0v) is 15.9. The molecule has 0 radical (unpaired) electrons. The fourth-order valence-electron chi connectivity index (χ4n) is 3.27. The average Bonchev–Trinajstić information content (AvgIpc) is 3.41. The van der Waals surface area contributed by atoms with Crippen molar-refractivity contribution < 1.29 is 4.79 Å². The summed E-state index contributed by atoms with van der Waals surface area (Å²) in [6, 6.07) is 15.9. The van der Waals surface area contributed by atoms with Gasteiger partial charge in [-0.2, -0.15) is 5.10 Å². The fraction of sp³-hybridized carbons (Fsp3) is 0.238. The molecule has 142 valence electrons. The molecular formula is C21H22N6O. The van der Waals surface area contributed by atoms with E-state index in [1.807, 2.05) is 67.1 Å². The normalized spacial score (nSPS) is 12.2. The Balaban J connectivity index is 1.40. The number of hydrogen-bond acceptors (Lipinski definition) is 4. The third-order valence-corrected chi connectivity index (χ3v) is 5.13. The van der Waals surface area contributed by atoms with Crippen LogP contribution in [0.1, 0.15) is 24.9 Å². The van der Waals surface area contributed by atoms with Crippen LogP contribution in [0.4, 0.5) is 0 Å². The summed E-state index contributed by atoms with van der Waals surface area (Å²) in [5.41, 5.74) is 4.01. The van der Waals surface area contributed by atoms with Crippen molar-refractivity contribution in [2.45, 2.75) is 25.9 Å². The Morgan fingerprint density at radius 3 is 2.64 bits per heavy atom. The van der Waals surface area contributed by atoms with Crippen molar-refractivity contribution in [1.29, 1.82) is 0 Å². The molecule has 1 unspecified atom stereocenters. The van der Waals surface area contributed by atoms with Gasteiger partial charge >= 0.3 is 0 Å². The molecule has 2 heterocycles. The maximum Gasteiger partial charge on any atom is 0.224 e. The molecular weight excluding hydrogens is 352 g/mol. The van der Waals surface area contributed by atoms with Gasteiger partial charge in [0.25, 0.3) is 0 Å². The predicted molar refractivity (Wildman–Crippen MR) is 107 cm³/mol. The van der Waals surface area contributed by atoms with Crippen LogP contribution in [0.2, 0.25) is 0 Å². The summed E-state index contributed by atoms with van der Waals surface area (Å²) < 4.78 is 3.73. The SMILES string of the molecule is CC(c1ccc(-n2cncn2)cc1)N(C)C(=O)CCn1cnc2ccccc21. The van der Waals surface area contributed by atoms with E-state index in [2.05, 4.69) is 15.1 Å². The molecule has 2 aromatic carbocycles. The smallest absolute Gasteiger partial charge is 0.224 e. The van der Waals surface area contributed by atoms with Crippen LogP contribution in [0.25, 0.3) is 16.7 Å². The number of carbonyl (C=O) groups excluding carboxylic acids is 1. The van der Waals surface area contributed by atoms with Crippen LogP contribution in [-0.4, -0.2) is 42.2 Å². The lowest BCUT2D eigenvalue weighted by molar-refractivity contribution is -0.132. The lowest BCUT2D eigenvalue weighted by Crippen LogP contribution is -2.30. The first-order valence-corrected chi connectivity index (χ1v) is 9.24. The van der Waals surface area contributed by atoms with E-state index in [4.69, 9.17) is 0 Å². The Labute approximate surface area is 163 Å². The van der Waals surface area contributed by atoms with Crippen molar-refractivity contribution in [3.8, 4) is 5.69 Å². The number of aromatic nitrogens is 5. The van der Waals surface area contributed by atoms with Crippen LogP contribution in [-0.2, 0) is 11.3 Å². The average molecular weight is 374 g/mol. The molecule has 1 atom stereocenters. The van der Waals surface area contributed by atoms with Crippen molar-refractivity contribution in [1.82, 2.24) is 29.2 Å². The summed E-state index contributed by atoms with van der Waals surface area (Å²) in [6.07, 6.45) is 5.39. The van der Waals surface area contributed by atoms with Gasteiger partial charge in [-0.15, -0.1) is 0 Å². The Morgan fingerprint density at radius 2 is 1.89 bits per heavy atom. The van der Waals surface area contributed by atoms with Crippen molar-refractivity contribution >= 4 is 16.9 Å². The van der Waals surface area contributed by atoms with Gasteiger partial charge in [-0.25, -0.2) is 14.6 Å². The fourth-order valence-corrected chi connectivity index (χ4v) is 3.27. The molecule has 0 aliphatic carbocycles. The first kappa shape index (κ1) is 17.9. The van der Waals surface area contributed by atoms with Gasteiger partial charge in [0.1, 0.15) is 12.7 Å². The highest BCUT2D eigenvalue weighted by Crippen LogP contribution is 2.21. The molecule has 0 bridgehead atoms. The largest absolute Gasteiger partial charge is 0.339 e. The third-order valence-electron chi connectivity index (χ3n) is 5.13. The summed E-state index contributed by atoms with van der Waals surface area (Å²) >= 11 is 0.